The number of piperidine rings is 2. The molecule has 5 heteroatoms. The third kappa shape index (κ3) is 4.27. The molecule has 2 aliphatic heterocycles. The largest absolute Gasteiger partial charge is 0.478 e. The second-order valence-corrected chi connectivity index (χ2v) is 9.11. The summed E-state index contributed by atoms with van der Waals surface area (Å²) < 4.78 is 0. The number of carboxylic acids is 1. The molecule has 0 unspecified atom stereocenters. The molecule has 0 atom stereocenters. The maximum atomic E-state index is 12.5. The number of pyridine rings is 1. The monoisotopic (exact) mass is 429 g/mol. The Morgan fingerprint density at radius 1 is 0.906 bits per heavy atom. The minimum Gasteiger partial charge on any atom is -0.478 e. The molecule has 2 fully saturated rings. The molecule has 0 saturated carbocycles. The van der Waals surface area contributed by atoms with Crippen molar-refractivity contribution in [2.75, 3.05) is 26.2 Å². The number of likely N-dealkylation sites (tertiary alicyclic amines) is 2. The number of benzene rings is 2. The minimum atomic E-state index is -0.876. The zero-order chi connectivity index (χ0) is 21.9. The van der Waals surface area contributed by atoms with Gasteiger partial charge in [-0.3, -0.25) is 4.90 Å². The van der Waals surface area contributed by atoms with E-state index in [0.717, 1.165) is 53.7 Å². The lowest BCUT2D eigenvalue weighted by Crippen LogP contribution is -2.46. The zero-order valence-electron chi connectivity index (χ0n) is 18.5. The summed E-state index contributed by atoms with van der Waals surface area (Å²) in [5.41, 5.74) is 3.72. The summed E-state index contributed by atoms with van der Waals surface area (Å²) >= 11 is 0. The van der Waals surface area contributed by atoms with Gasteiger partial charge >= 0.3 is 5.97 Å². The molecule has 1 N–H and O–H groups in total. The Kier molecular flexibility index (Phi) is 6.19. The fourth-order valence-electron chi connectivity index (χ4n) is 5.43. The zero-order valence-corrected chi connectivity index (χ0v) is 18.5. The SMILES string of the molecule is O=C(O)c1c(CN2CCC(N3CCCCC3)CC2)c(-c2ccccc2)nc2ccccc12. The molecule has 2 aromatic carbocycles. The number of carbonyl (C=O) groups is 1. The highest BCUT2D eigenvalue weighted by atomic mass is 16.4. The van der Waals surface area contributed by atoms with E-state index in [1.54, 1.807) is 0 Å². The first-order valence-corrected chi connectivity index (χ1v) is 11.9. The maximum Gasteiger partial charge on any atom is 0.336 e. The van der Waals surface area contributed by atoms with Crippen LogP contribution in [0.15, 0.2) is 54.6 Å². The number of hydrogen-bond acceptors (Lipinski definition) is 4. The third-order valence-electron chi connectivity index (χ3n) is 7.10. The molecule has 0 aliphatic carbocycles. The highest BCUT2D eigenvalue weighted by Crippen LogP contribution is 2.32. The number of carboxylic acid groups (broad SMARTS) is 1. The number of hydrogen-bond donors (Lipinski definition) is 1. The summed E-state index contributed by atoms with van der Waals surface area (Å²) in [5.74, 6) is -0.876. The van der Waals surface area contributed by atoms with Crippen LogP contribution in [0.25, 0.3) is 22.2 Å². The molecular formula is C27H31N3O2. The van der Waals surface area contributed by atoms with Crippen LogP contribution in [-0.4, -0.2) is 58.1 Å². The molecule has 0 radical (unpaired) electrons. The lowest BCUT2D eigenvalue weighted by atomic mass is 9.94. The van der Waals surface area contributed by atoms with Gasteiger partial charge < -0.3 is 10.0 Å². The molecule has 0 spiro atoms. The average molecular weight is 430 g/mol. The van der Waals surface area contributed by atoms with E-state index in [2.05, 4.69) is 9.80 Å². The maximum absolute atomic E-state index is 12.5. The van der Waals surface area contributed by atoms with Crippen LogP contribution in [0.2, 0.25) is 0 Å². The van der Waals surface area contributed by atoms with E-state index in [9.17, 15) is 9.90 Å². The van der Waals surface area contributed by atoms with Crippen molar-refractivity contribution < 1.29 is 9.90 Å². The fourth-order valence-corrected chi connectivity index (χ4v) is 5.43. The van der Waals surface area contributed by atoms with Crippen LogP contribution in [0, 0.1) is 0 Å². The van der Waals surface area contributed by atoms with Gasteiger partial charge in [-0.1, -0.05) is 55.0 Å². The van der Waals surface area contributed by atoms with E-state index in [0.29, 0.717) is 18.2 Å². The predicted molar refractivity (Wildman–Crippen MR) is 128 cm³/mol. The van der Waals surface area contributed by atoms with Gasteiger partial charge in [-0.2, -0.15) is 0 Å². The molecule has 0 amide bonds. The van der Waals surface area contributed by atoms with Gasteiger partial charge in [0.25, 0.3) is 0 Å². The van der Waals surface area contributed by atoms with Crippen molar-refractivity contribution in [1.82, 2.24) is 14.8 Å². The molecule has 2 aliphatic rings. The number of aromatic nitrogens is 1. The Bertz CT molecular complexity index is 1080. The first-order chi connectivity index (χ1) is 15.7. The molecule has 2 saturated heterocycles. The fraction of sp³-hybridized carbons (Fsp3) is 0.407. The van der Waals surface area contributed by atoms with Gasteiger partial charge in [0, 0.05) is 29.1 Å². The number of nitrogens with zero attached hydrogens (tertiary/aromatic N) is 3. The summed E-state index contributed by atoms with van der Waals surface area (Å²) in [7, 11) is 0. The Balaban J connectivity index is 1.47. The van der Waals surface area contributed by atoms with Crippen LogP contribution < -0.4 is 0 Å². The molecule has 3 aromatic rings. The van der Waals surface area contributed by atoms with E-state index >= 15 is 0 Å². The number of fused-ring (bicyclic) bond motifs is 1. The number of aromatic carboxylic acids is 1. The molecule has 3 heterocycles. The van der Waals surface area contributed by atoms with Gasteiger partial charge in [0.1, 0.15) is 0 Å². The van der Waals surface area contributed by atoms with Crippen molar-refractivity contribution in [2.45, 2.75) is 44.7 Å². The molecule has 32 heavy (non-hydrogen) atoms. The minimum absolute atomic E-state index is 0.396. The van der Waals surface area contributed by atoms with Crippen molar-refractivity contribution >= 4 is 16.9 Å². The van der Waals surface area contributed by atoms with Crippen LogP contribution in [0.3, 0.4) is 0 Å². The van der Waals surface area contributed by atoms with Crippen LogP contribution in [0.5, 0.6) is 0 Å². The van der Waals surface area contributed by atoms with Gasteiger partial charge in [-0.25, -0.2) is 9.78 Å². The van der Waals surface area contributed by atoms with Crippen molar-refractivity contribution in [3.05, 3.63) is 65.7 Å². The lowest BCUT2D eigenvalue weighted by Gasteiger charge is -2.40. The van der Waals surface area contributed by atoms with Crippen LogP contribution in [0.1, 0.15) is 48.0 Å². The van der Waals surface area contributed by atoms with Crippen molar-refractivity contribution in [2.24, 2.45) is 0 Å². The first-order valence-electron chi connectivity index (χ1n) is 11.9. The first kappa shape index (κ1) is 21.1. The second-order valence-electron chi connectivity index (χ2n) is 9.11. The summed E-state index contributed by atoms with van der Waals surface area (Å²) in [5, 5.41) is 10.9. The molecule has 0 bridgehead atoms. The predicted octanol–water partition coefficient (Wildman–Crippen LogP) is 5.05. The lowest BCUT2D eigenvalue weighted by molar-refractivity contribution is 0.0692. The molecule has 5 rings (SSSR count). The Morgan fingerprint density at radius 3 is 2.31 bits per heavy atom. The summed E-state index contributed by atoms with van der Waals surface area (Å²) in [4.78, 5) is 22.5. The van der Waals surface area contributed by atoms with Crippen LogP contribution in [0.4, 0.5) is 0 Å². The number of para-hydroxylation sites is 1. The van der Waals surface area contributed by atoms with E-state index < -0.39 is 5.97 Å². The smallest absolute Gasteiger partial charge is 0.336 e. The van der Waals surface area contributed by atoms with Crippen LogP contribution in [-0.2, 0) is 6.54 Å². The van der Waals surface area contributed by atoms with Gasteiger partial charge in [0.05, 0.1) is 16.8 Å². The van der Waals surface area contributed by atoms with Crippen LogP contribution >= 0.6 is 0 Å². The van der Waals surface area contributed by atoms with E-state index in [4.69, 9.17) is 4.98 Å². The van der Waals surface area contributed by atoms with Crippen molar-refractivity contribution in [3.8, 4) is 11.3 Å². The standard InChI is InChI=1S/C27H31N3O2/c31-27(32)25-22-11-5-6-12-24(22)28-26(20-9-3-1-4-10-20)23(25)19-29-17-13-21(14-18-29)30-15-7-2-8-16-30/h1,3-6,9-12,21H,2,7-8,13-19H2,(H,31,32). The van der Waals surface area contributed by atoms with Gasteiger partial charge in [-0.05, 0) is 57.9 Å². The molecule has 166 valence electrons. The second kappa shape index (κ2) is 9.39. The van der Waals surface area contributed by atoms with Gasteiger partial charge in [-0.15, -0.1) is 0 Å². The van der Waals surface area contributed by atoms with Crippen molar-refractivity contribution in [1.29, 1.82) is 0 Å². The quantitative estimate of drug-likeness (QED) is 0.615. The summed E-state index contributed by atoms with van der Waals surface area (Å²) in [6.07, 6.45) is 6.33. The van der Waals surface area contributed by atoms with Gasteiger partial charge in [0.2, 0.25) is 0 Å². The van der Waals surface area contributed by atoms with E-state index in [-0.39, 0.29) is 0 Å². The van der Waals surface area contributed by atoms with Gasteiger partial charge in [0.15, 0.2) is 0 Å². The van der Waals surface area contributed by atoms with E-state index in [1.807, 2.05) is 54.6 Å². The summed E-state index contributed by atoms with van der Waals surface area (Å²) in [6.45, 7) is 5.10. The molecular weight excluding hydrogens is 398 g/mol. The van der Waals surface area contributed by atoms with E-state index in [1.165, 1.54) is 32.4 Å². The number of rotatable bonds is 5. The average Bonchev–Trinajstić information content (AvgIpc) is 2.85. The third-order valence-corrected chi connectivity index (χ3v) is 7.10. The molecule has 1 aromatic heterocycles. The Hall–Kier alpha value is -2.76. The Morgan fingerprint density at radius 2 is 1.59 bits per heavy atom. The van der Waals surface area contributed by atoms with Crippen molar-refractivity contribution in [3.63, 3.8) is 0 Å². The molecule has 5 nitrogen and oxygen atoms in total. The topological polar surface area (TPSA) is 56.7 Å². The highest BCUT2D eigenvalue weighted by Gasteiger charge is 2.28. The summed E-state index contributed by atoms with van der Waals surface area (Å²) in [6, 6.07) is 18.3. The highest BCUT2D eigenvalue weighted by molar-refractivity contribution is 6.05. The normalized spacial score (nSPS) is 18.8. The Labute approximate surface area is 189 Å².